The normalized spacial score (nSPS) is 10.9. The zero-order valence-corrected chi connectivity index (χ0v) is 16.2. The molecule has 0 radical (unpaired) electrons. The van der Waals surface area contributed by atoms with E-state index < -0.39 is 4.92 Å². The van der Waals surface area contributed by atoms with Crippen LogP contribution >= 0.6 is 15.9 Å². The number of hydrogen-bond acceptors (Lipinski definition) is 3. The first-order valence-corrected chi connectivity index (χ1v) is 9.35. The summed E-state index contributed by atoms with van der Waals surface area (Å²) in [4.78, 5) is 23.3. The van der Waals surface area contributed by atoms with Crippen molar-refractivity contribution in [1.82, 2.24) is 4.57 Å². The predicted octanol–water partition coefficient (Wildman–Crippen LogP) is 4.45. The lowest BCUT2D eigenvalue weighted by atomic mass is 10.1. The van der Waals surface area contributed by atoms with Crippen LogP contribution < -0.4 is 4.40 Å². The van der Waals surface area contributed by atoms with Crippen LogP contribution in [0, 0.1) is 10.1 Å². The number of aromatic nitrogens is 2. The third kappa shape index (κ3) is 3.44. The van der Waals surface area contributed by atoms with Crippen molar-refractivity contribution in [3.05, 3.63) is 99.3 Å². The Labute approximate surface area is 169 Å². The van der Waals surface area contributed by atoms with Crippen molar-refractivity contribution in [2.45, 2.75) is 6.54 Å². The lowest BCUT2D eigenvalue weighted by molar-refractivity contribution is -0.511. The van der Waals surface area contributed by atoms with Crippen LogP contribution in [0.3, 0.4) is 0 Å². The number of carbonyl (C=O) groups excluding carboxylic acids is 1. The van der Waals surface area contributed by atoms with Crippen LogP contribution in [0.25, 0.3) is 16.9 Å². The van der Waals surface area contributed by atoms with E-state index in [4.69, 9.17) is 0 Å². The van der Waals surface area contributed by atoms with Crippen molar-refractivity contribution >= 4 is 33.0 Å². The highest BCUT2D eigenvalue weighted by Gasteiger charge is 2.22. The number of fused-ring (bicyclic) bond motifs is 1. The molecule has 0 atom stereocenters. The predicted molar refractivity (Wildman–Crippen MR) is 108 cm³/mol. The minimum atomic E-state index is -0.426. The summed E-state index contributed by atoms with van der Waals surface area (Å²) in [5.74, 6) is -0.00946. The van der Waals surface area contributed by atoms with E-state index in [0.29, 0.717) is 5.56 Å². The van der Waals surface area contributed by atoms with Gasteiger partial charge in [0.25, 0.3) is 11.3 Å². The number of Topliss-reactive ketones (excluding diaryl/α,β-unsaturated/α-hetero) is 1. The summed E-state index contributed by atoms with van der Waals surface area (Å²) in [5, 5.41) is 10.9. The lowest BCUT2D eigenvalue weighted by Gasteiger charge is -2.03. The molecule has 138 valence electrons. The van der Waals surface area contributed by atoms with Gasteiger partial charge in [-0.05, 0) is 34.1 Å². The summed E-state index contributed by atoms with van der Waals surface area (Å²) in [6.07, 6.45) is 3.83. The molecule has 0 aliphatic heterocycles. The third-order valence-electron chi connectivity index (χ3n) is 4.52. The van der Waals surface area contributed by atoms with Crippen LogP contribution in [0.4, 0.5) is 5.69 Å². The number of halogens is 1. The largest absolute Gasteiger partial charge is 0.290 e. The van der Waals surface area contributed by atoms with Gasteiger partial charge in [-0.15, -0.1) is 0 Å². The number of nitro benzene ring substituents is 1. The van der Waals surface area contributed by atoms with Gasteiger partial charge in [0, 0.05) is 29.3 Å². The van der Waals surface area contributed by atoms with Gasteiger partial charge in [-0.1, -0.05) is 30.3 Å². The topological polar surface area (TPSA) is 69.2 Å². The van der Waals surface area contributed by atoms with Gasteiger partial charge in [0.15, 0.2) is 12.2 Å². The van der Waals surface area contributed by atoms with Gasteiger partial charge < -0.3 is 0 Å². The van der Waals surface area contributed by atoms with Crippen LogP contribution in [-0.4, -0.2) is 15.3 Å². The number of ketones is 1. The summed E-state index contributed by atoms with van der Waals surface area (Å²) in [6.45, 7) is 0.161. The SMILES string of the molecule is O=C(Cn1c(-c2ccc([N+](=O)[O-])cc2)c[n+]2cc(Br)ccc12)c1ccccc1. The molecule has 28 heavy (non-hydrogen) atoms. The molecular formula is C21H15BrN3O3+. The standard InChI is InChI=1S/C21H15BrN3O3/c22-17-8-11-21-23(12-17)13-19(15-6-9-18(10-7-15)25(27)28)24(21)14-20(26)16-4-2-1-3-5-16/h1-13H,14H2/q+1. The molecule has 2 aromatic heterocycles. The minimum Gasteiger partial charge on any atom is -0.290 e. The van der Waals surface area contributed by atoms with Gasteiger partial charge in [0.05, 0.1) is 9.40 Å². The highest BCUT2D eigenvalue weighted by Crippen LogP contribution is 2.24. The first kappa shape index (κ1) is 18.1. The average molecular weight is 437 g/mol. The van der Waals surface area contributed by atoms with Gasteiger partial charge in [0.2, 0.25) is 5.78 Å². The number of pyridine rings is 1. The molecule has 0 fully saturated rings. The number of imidazole rings is 1. The molecule has 4 rings (SSSR count). The van der Waals surface area contributed by atoms with Crippen LogP contribution in [0.2, 0.25) is 0 Å². The van der Waals surface area contributed by atoms with E-state index in [1.165, 1.54) is 12.1 Å². The summed E-state index contributed by atoms with van der Waals surface area (Å²) < 4.78 is 4.76. The van der Waals surface area contributed by atoms with E-state index in [0.717, 1.165) is 21.4 Å². The van der Waals surface area contributed by atoms with Crippen molar-refractivity contribution in [1.29, 1.82) is 0 Å². The Kier molecular flexibility index (Phi) is 4.75. The van der Waals surface area contributed by atoms with Crippen LogP contribution in [0.15, 0.2) is 83.6 Å². The molecule has 7 heteroatoms. The first-order chi connectivity index (χ1) is 13.5. The molecule has 0 aliphatic rings. The number of rotatable bonds is 5. The zero-order chi connectivity index (χ0) is 19.7. The van der Waals surface area contributed by atoms with Crippen LogP contribution in [0.1, 0.15) is 10.4 Å². The molecule has 4 aromatic rings. The van der Waals surface area contributed by atoms with Gasteiger partial charge in [-0.25, -0.2) is 8.97 Å². The quantitative estimate of drug-likeness (QED) is 0.201. The third-order valence-corrected chi connectivity index (χ3v) is 4.99. The molecule has 0 saturated carbocycles. The average Bonchev–Trinajstić information content (AvgIpc) is 3.06. The number of nitrogens with zero attached hydrogens (tertiary/aromatic N) is 3. The van der Waals surface area contributed by atoms with E-state index in [1.807, 2.05) is 51.7 Å². The molecule has 0 unspecified atom stereocenters. The maximum absolute atomic E-state index is 12.8. The maximum Gasteiger partial charge on any atom is 0.287 e. The Morgan fingerprint density at radius 1 is 1.00 bits per heavy atom. The summed E-state index contributed by atoms with van der Waals surface area (Å²) in [7, 11) is 0. The van der Waals surface area contributed by atoms with Crippen LogP contribution in [0.5, 0.6) is 0 Å². The fourth-order valence-electron chi connectivity index (χ4n) is 3.15. The zero-order valence-electron chi connectivity index (χ0n) is 14.7. The van der Waals surface area contributed by atoms with E-state index in [2.05, 4.69) is 15.9 Å². The second-order valence-electron chi connectivity index (χ2n) is 6.31. The Bertz CT molecular complexity index is 1180. The van der Waals surface area contributed by atoms with E-state index in [9.17, 15) is 14.9 Å². The first-order valence-electron chi connectivity index (χ1n) is 8.56. The summed E-state index contributed by atoms with van der Waals surface area (Å²) >= 11 is 3.46. The second-order valence-corrected chi connectivity index (χ2v) is 7.22. The molecule has 0 bridgehead atoms. The van der Waals surface area contributed by atoms with Gasteiger partial charge >= 0.3 is 0 Å². The maximum atomic E-state index is 12.8. The molecule has 0 spiro atoms. The Morgan fingerprint density at radius 2 is 1.71 bits per heavy atom. The van der Waals surface area contributed by atoms with Crippen molar-refractivity contribution < 1.29 is 14.1 Å². The fraction of sp³-hybridized carbons (Fsp3) is 0.0476. The summed E-state index contributed by atoms with van der Waals surface area (Å²) in [6, 6.07) is 19.3. The van der Waals surface area contributed by atoms with E-state index >= 15 is 0 Å². The fourth-order valence-corrected chi connectivity index (χ4v) is 3.50. The Balaban J connectivity index is 1.82. The smallest absolute Gasteiger partial charge is 0.287 e. The number of benzene rings is 2. The van der Waals surface area contributed by atoms with Gasteiger partial charge in [-0.2, -0.15) is 0 Å². The van der Waals surface area contributed by atoms with Gasteiger partial charge in [-0.3, -0.25) is 14.9 Å². The number of hydrogen-bond donors (Lipinski definition) is 0. The number of carbonyl (C=O) groups is 1. The molecule has 0 amide bonds. The van der Waals surface area contributed by atoms with E-state index in [1.54, 1.807) is 24.3 Å². The van der Waals surface area contributed by atoms with Crippen molar-refractivity contribution in [3.63, 3.8) is 0 Å². The highest BCUT2D eigenvalue weighted by molar-refractivity contribution is 9.10. The highest BCUT2D eigenvalue weighted by atomic mass is 79.9. The molecule has 0 saturated heterocycles. The monoisotopic (exact) mass is 436 g/mol. The van der Waals surface area contributed by atoms with Crippen molar-refractivity contribution in [2.75, 3.05) is 0 Å². The molecule has 0 N–H and O–H groups in total. The lowest BCUT2D eigenvalue weighted by Crippen LogP contribution is -2.20. The van der Waals surface area contributed by atoms with Crippen molar-refractivity contribution in [2.24, 2.45) is 0 Å². The molecule has 0 aliphatic carbocycles. The van der Waals surface area contributed by atoms with Gasteiger partial charge in [0.1, 0.15) is 12.4 Å². The molecule has 2 heterocycles. The molecular weight excluding hydrogens is 422 g/mol. The van der Waals surface area contributed by atoms with Crippen LogP contribution in [-0.2, 0) is 6.54 Å². The number of non-ortho nitro benzene ring substituents is 1. The van der Waals surface area contributed by atoms with Crippen molar-refractivity contribution in [3.8, 4) is 11.3 Å². The Hall–Kier alpha value is -3.32. The Morgan fingerprint density at radius 3 is 2.39 bits per heavy atom. The summed E-state index contributed by atoms with van der Waals surface area (Å²) in [5.41, 5.74) is 3.12. The minimum absolute atomic E-state index is 0.00946. The second kappa shape index (κ2) is 7.36. The van der Waals surface area contributed by atoms with E-state index in [-0.39, 0.29) is 18.0 Å². The number of nitro groups is 1. The molecule has 6 nitrogen and oxygen atoms in total. The molecule has 2 aromatic carbocycles.